The Labute approximate surface area is 396 Å². The third-order valence-electron chi connectivity index (χ3n) is 15.5. The maximum atomic E-state index is 14.2. The minimum atomic E-state index is -4.70. The molecule has 1 amide bonds. The van der Waals surface area contributed by atoms with E-state index < -0.39 is 37.0 Å². The van der Waals surface area contributed by atoms with Crippen LogP contribution in [0.15, 0.2) is 78.0 Å². The number of aromatic amines is 1. The van der Waals surface area contributed by atoms with Gasteiger partial charge < -0.3 is 29.8 Å². The summed E-state index contributed by atoms with van der Waals surface area (Å²) >= 11 is 0. The molecule has 17 heteroatoms. The monoisotopic (exact) mass is 942 g/mol. The number of nitriles is 1. The number of benzene rings is 3. The number of nitro benzene ring substituents is 1. The molecule has 3 aliphatic heterocycles. The summed E-state index contributed by atoms with van der Waals surface area (Å²) in [5.74, 6) is -0.166. The first kappa shape index (κ1) is 45.6. The highest BCUT2D eigenvalue weighted by Gasteiger charge is 2.50. The molecule has 68 heavy (non-hydrogen) atoms. The van der Waals surface area contributed by atoms with Crippen LogP contribution in [0.25, 0.3) is 11.0 Å². The van der Waals surface area contributed by atoms with Crippen molar-refractivity contribution >= 4 is 44.0 Å². The normalized spacial score (nSPS) is 23.9. The van der Waals surface area contributed by atoms with Crippen molar-refractivity contribution in [1.82, 2.24) is 19.6 Å². The van der Waals surface area contributed by atoms with E-state index in [9.17, 15) is 33.7 Å². The Bertz CT molecular complexity index is 2920. The van der Waals surface area contributed by atoms with Crippen LogP contribution in [-0.4, -0.2) is 83.1 Å². The number of aliphatic hydroxyl groups is 1. The third kappa shape index (κ3) is 8.73. The Morgan fingerprint density at radius 2 is 1.82 bits per heavy atom. The molecule has 0 radical (unpaired) electrons. The van der Waals surface area contributed by atoms with Gasteiger partial charge in [-0.2, -0.15) is 5.26 Å². The smallest absolute Gasteiger partial charge is 0.297 e. The quantitative estimate of drug-likeness (QED) is 0.0719. The van der Waals surface area contributed by atoms with Crippen molar-refractivity contribution in [3.63, 3.8) is 0 Å². The summed E-state index contributed by atoms with van der Waals surface area (Å²) in [6, 6.07) is 20.6. The van der Waals surface area contributed by atoms with Gasteiger partial charge in [0.1, 0.15) is 29.8 Å². The zero-order valence-electron chi connectivity index (χ0n) is 38.7. The van der Waals surface area contributed by atoms with E-state index in [-0.39, 0.29) is 52.5 Å². The number of fused-ring (bicyclic) bond motifs is 2. The molecule has 16 nitrogen and oxygen atoms in total. The van der Waals surface area contributed by atoms with Crippen LogP contribution in [0.4, 0.5) is 17.1 Å². The average Bonchev–Trinajstić information content (AvgIpc) is 3.97. The minimum absolute atomic E-state index is 0.0165. The number of ether oxygens (including phenoxy) is 2. The second kappa shape index (κ2) is 17.7. The maximum Gasteiger partial charge on any atom is 0.297 e. The van der Waals surface area contributed by atoms with E-state index >= 15 is 0 Å². The zero-order valence-corrected chi connectivity index (χ0v) is 39.5. The number of amides is 1. The largest absolute Gasteiger partial charge is 0.489 e. The van der Waals surface area contributed by atoms with Gasteiger partial charge in [-0.25, -0.2) is 18.1 Å². The Morgan fingerprint density at radius 3 is 2.56 bits per heavy atom. The van der Waals surface area contributed by atoms with Crippen molar-refractivity contribution in [2.75, 3.05) is 36.5 Å². The molecule has 3 aromatic carbocycles. The fourth-order valence-corrected chi connectivity index (χ4v) is 12.7. The van der Waals surface area contributed by atoms with Crippen LogP contribution in [-0.2, 0) is 10.0 Å². The lowest BCUT2D eigenvalue weighted by molar-refractivity contribution is -0.384. The number of anilines is 2. The number of hydrogen-bond acceptors (Lipinski definition) is 13. The van der Waals surface area contributed by atoms with Gasteiger partial charge in [0.2, 0.25) is 0 Å². The summed E-state index contributed by atoms with van der Waals surface area (Å²) in [5.41, 5.74) is 3.53. The van der Waals surface area contributed by atoms with Crippen LogP contribution >= 0.6 is 0 Å². The zero-order chi connectivity index (χ0) is 47.5. The molecular weight excluding hydrogens is 885 g/mol. The number of nitrogens with one attached hydrogen (secondary N) is 3. The van der Waals surface area contributed by atoms with Crippen molar-refractivity contribution in [3.05, 3.63) is 105 Å². The molecule has 2 saturated heterocycles. The van der Waals surface area contributed by atoms with E-state index in [0.29, 0.717) is 60.3 Å². The highest BCUT2D eigenvalue weighted by atomic mass is 32.2. The number of sulfonamides is 1. The first-order valence-electron chi connectivity index (χ1n) is 23.9. The van der Waals surface area contributed by atoms with E-state index in [0.717, 1.165) is 44.2 Å². The molecule has 10 rings (SSSR count). The molecule has 5 heterocycles. The number of hydrogen-bond donors (Lipinski definition) is 4. The highest BCUT2D eigenvalue weighted by Crippen LogP contribution is 2.54. The summed E-state index contributed by atoms with van der Waals surface area (Å²) < 4.78 is 42.5. The molecular formula is C51H58N8O8S. The molecule has 2 aromatic heterocycles. The van der Waals surface area contributed by atoms with Crippen LogP contribution in [0.1, 0.15) is 124 Å². The molecule has 2 saturated carbocycles. The van der Waals surface area contributed by atoms with Gasteiger partial charge in [0.25, 0.3) is 21.6 Å². The maximum absolute atomic E-state index is 14.2. The molecule has 4 N–H and O–H groups in total. The van der Waals surface area contributed by atoms with Crippen molar-refractivity contribution < 1.29 is 32.7 Å². The van der Waals surface area contributed by atoms with Crippen molar-refractivity contribution in [3.8, 4) is 23.3 Å². The van der Waals surface area contributed by atoms with E-state index in [1.807, 2.05) is 0 Å². The topological polar surface area (TPSA) is 216 Å². The van der Waals surface area contributed by atoms with E-state index in [1.165, 1.54) is 55.1 Å². The lowest BCUT2D eigenvalue weighted by atomic mass is 9.59. The summed E-state index contributed by atoms with van der Waals surface area (Å²) in [6.45, 7) is 9.22. The van der Waals surface area contributed by atoms with Gasteiger partial charge in [0.15, 0.2) is 11.4 Å². The number of piperidine rings is 1. The molecule has 5 aromatic rings. The molecule has 1 spiro atoms. The third-order valence-corrected chi connectivity index (χ3v) is 16.9. The highest BCUT2D eigenvalue weighted by molar-refractivity contribution is 7.90. The molecule has 0 unspecified atom stereocenters. The van der Waals surface area contributed by atoms with E-state index in [2.05, 4.69) is 74.0 Å². The standard InChI is InChI=1S/C51H58N8O8S/c1-31(2)38-7-4-5-8-39(38)43-9-6-18-58(43)35-25-51(26-35)16-19-57(20-17-51)34-10-11-40(45(21-34)67-36-22-41-33(27-52)28-53-48(41)54-29-36)49(60)56-68(64,65)37-23-44(59(62)63)47-46(24-37)66-30-42(55-47)32-12-14-50(3,61)15-13-32/h4-5,7-8,10-11,21-24,28-29,31-32,35,42-43,55,61H,6,9,12-20,25-26,30H2,1-3H3,(H,53,54)(H,56,60)/t32?,42-,43-,50?/m1/s1. The van der Waals surface area contributed by atoms with Gasteiger partial charge in [0.05, 0.1) is 38.8 Å². The number of pyridine rings is 1. The Kier molecular flexibility index (Phi) is 11.9. The van der Waals surface area contributed by atoms with Crippen molar-refractivity contribution in [2.24, 2.45) is 11.3 Å². The summed E-state index contributed by atoms with van der Waals surface area (Å²) in [5, 5.41) is 36.3. The van der Waals surface area contributed by atoms with Crippen molar-refractivity contribution in [2.45, 2.75) is 120 Å². The number of rotatable bonds is 11. The van der Waals surface area contributed by atoms with Gasteiger partial charge in [0, 0.05) is 60.6 Å². The molecule has 5 aliphatic rings. The number of aromatic nitrogens is 2. The van der Waals surface area contributed by atoms with Gasteiger partial charge >= 0.3 is 0 Å². The lowest BCUT2D eigenvalue weighted by Gasteiger charge is -2.56. The molecule has 356 valence electrons. The summed E-state index contributed by atoms with van der Waals surface area (Å²) in [6.07, 6.45) is 12.4. The van der Waals surface area contributed by atoms with Gasteiger partial charge in [-0.05, 0) is 124 Å². The SMILES string of the molecule is CC(C)c1ccccc1[C@H]1CCCN1C1CC2(CCN(c3ccc(C(=O)NS(=O)(=O)c4cc5c(c([N+](=O)[O-])c4)N[C@@H](C4CCC(C)(O)CC4)CO5)c(Oc4cnc5[nH]cc(C#N)c5c4)c3)CC2)C1. The average molecular weight is 943 g/mol. The summed E-state index contributed by atoms with van der Waals surface area (Å²) in [4.78, 5) is 37.8. The lowest BCUT2D eigenvalue weighted by Crippen LogP contribution is -2.54. The predicted molar refractivity (Wildman–Crippen MR) is 257 cm³/mol. The number of likely N-dealkylation sites (tertiary alicyclic amines) is 1. The molecule has 2 atom stereocenters. The number of carbonyl (C=O) groups is 1. The van der Waals surface area contributed by atoms with Crippen LogP contribution in [0.3, 0.4) is 0 Å². The van der Waals surface area contributed by atoms with Gasteiger partial charge in [-0.3, -0.25) is 19.8 Å². The van der Waals surface area contributed by atoms with Crippen LogP contribution in [0.5, 0.6) is 17.2 Å². The van der Waals surface area contributed by atoms with Crippen LogP contribution in [0.2, 0.25) is 0 Å². The molecule has 0 bridgehead atoms. The minimum Gasteiger partial charge on any atom is -0.489 e. The molecule has 4 fully saturated rings. The van der Waals surface area contributed by atoms with E-state index in [1.54, 1.807) is 31.3 Å². The number of H-pyrrole nitrogens is 1. The number of nitro groups is 1. The fourth-order valence-electron chi connectivity index (χ4n) is 11.7. The van der Waals surface area contributed by atoms with E-state index in [4.69, 9.17) is 9.47 Å². The number of carbonyl (C=O) groups excluding carboxylic acids is 1. The second-order valence-corrected chi connectivity index (χ2v) is 22.0. The fraction of sp³-hybridized carbons (Fsp3) is 0.471. The second-order valence-electron chi connectivity index (χ2n) is 20.3. The Morgan fingerprint density at radius 1 is 1.06 bits per heavy atom. The Balaban J connectivity index is 0.870. The predicted octanol–water partition coefficient (Wildman–Crippen LogP) is 9.08. The van der Waals surface area contributed by atoms with Crippen LogP contribution < -0.4 is 24.4 Å². The number of nitrogens with zero attached hydrogens (tertiary/aromatic N) is 5. The molecule has 2 aliphatic carbocycles. The summed E-state index contributed by atoms with van der Waals surface area (Å²) in [7, 11) is -4.70. The van der Waals surface area contributed by atoms with Crippen molar-refractivity contribution in [1.29, 1.82) is 5.26 Å². The first-order valence-corrected chi connectivity index (χ1v) is 25.4. The van der Waals surface area contributed by atoms with Gasteiger partial charge in [-0.15, -0.1) is 0 Å². The Hall–Kier alpha value is -6.22. The van der Waals surface area contributed by atoms with Crippen LogP contribution in [0, 0.1) is 32.8 Å². The first-order chi connectivity index (χ1) is 32.6. The van der Waals surface area contributed by atoms with Gasteiger partial charge in [-0.1, -0.05) is 38.1 Å².